The van der Waals surface area contributed by atoms with Gasteiger partial charge in [-0.1, -0.05) is 26.8 Å². The fourth-order valence-electron chi connectivity index (χ4n) is 2.24. The van der Waals surface area contributed by atoms with Gasteiger partial charge in [-0.3, -0.25) is 4.79 Å². The first-order valence-corrected chi connectivity index (χ1v) is 6.56. The third-order valence-corrected chi connectivity index (χ3v) is 3.07. The Morgan fingerprint density at radius 2 is 2.05 bits per heavy atom. The summed E-state index contributed by atoms with van der Waals surface area (Å²) < 4.78 is 0. The van der Waals surface area contributed by atoms with Crippen molar-refractivity contribution >= 4 is 24.0 Å². The molecule has 0 aliphatic carbocycles. The van der Waals surface area contributed by atoms with Crippen molar-refractivity contribution in [3.63, 3.8) is 0 Å². The highest BCUT2D eigenvalue weighted by molar-refractivity contribution is 5.91. The van der Waals surface area contributed by atoms with E-state index in [-0.39, 0.29) is 23.7 Å². The lowest BCUT2D eigenvalue weighted by Crippen LogP contribution is -2.24. The molecule has 0 bridgehead atoms. The number of carbonyl (C=O) groups excluding carboxylic acids is 1. The second-order valence-electron chi connectivity index (χ2n) is 6.20. The van der Waals surface area contributed by atoms with Crippen molar-refractivity contribution in [2.45, 2.75) is 40.2 Å². The summed E-state index contributed by atoms with van der Waals surface area (Å²) >= 11 is 0. The fraction of sp³-hybridized carbons (Fsp3) is 0.533. The van der Waals surface area contributed by atoms with Crippen molar-refractivity contribution in [2.24, 2.45) is 5.41 Å². The summed E-state index contributed by atoms with van der Waals surface area (Å²) in [5, 5.41) is 6.33. The van der Waals surface area contributed by atoms with Gasteiger partial charge in [-0.15, -0.1) is 12.4 Å². The third kappa shape index (κ3) is 4.84. The molecule has 106 valence electrons. The quantitative estimate of drug-likeness (QED) is 0.875. The van der Waals surface area contributed by atoms with Crippen molar-refractivity contribution < 1.29 is 4.79 Å². The minimum atomic E-state index is 0. The van der Waals surface area contributed by atoms with E-state index in [0.717, 1.165) is 25.2 Å². The summed E-state index contributed by atoms with van der Waals surface area (Å²) in [7, 11) is 0. The number of amides is 1. The van der Waals surface area contributed by atoms with Gasteiger partial charge in [-0.2, -0.15) is 0 Å². The maximum atomic E-state index is 11.9. The highest BCUT2D eigenvalue weighted by Gasteiger charge is 2.16. The van der Waals surface area contributed by atoms with Crippen LogP contribution in [0.1, 0.15) is 38.3 Å². The molecule has 0 saturated carbocycles. The Labute approximate surface area is 121 Å². The van der Waals surface area contributed by atoms with Crippen LogP contribution in [-0.2, 0) is 17.8 Å². The Kier molecular flexibility index (Phi) is 5.39. The van der Waals surface area contributed by atoms with Crippen LogP contribution in [-0.4, -0.2) is 12.5 Å². The molecule has 0 unspecified atom stereocenters. The van der Waals surface area contributed by atoms with Gasteiger partial charge in [0.2, 0.25) is 5.91 Å². The van der Waals surface area contributed by atoms with E-state index in [1.807, 2.05) is 6.07 Å². The molecule has 1 aliphatic rings. The van der Waals surface area contributed by atoms with Crippen LogP contribution >= 0.6 is 12.4 Å². The van der Waals surface area contributed by atoms with E-state index in [1.165, 1.54) is 11.1 Å². The Bertz CT molecular complexity index is 452. The fourth-order valence-corrected chi connectivity index (χ4v) is 2.24. The lowest BCUT2D eigenvalue weighted by molar-refractivity contribution is -0.117. The Morgan fingerprint density at radius 1 is 1.32 bits per heavy atom. The number of rotatable bonds is 2. The minimum absolute atomic E-state index is 0. The second-order valence-corrected chi connectivity index (χ2v) is 6.20. The summed E-state index contributed by atoms with van der Waals surface area (Å²) in [5.74, 6) is 0.0939. The van der Waals surface area contributed by atoms with Crippen LogP contribution in [0.4, 0.5) is 5.69 Å². The maximum absolute atomic E-state index is 11.9. The number of benzene rings is 1. The number of fused-ring (bicyclic) bond motifs is 1. The molecule has 1 heterocycles. The van der Waals surface area contributed by atoms with Gasteiger partial charge in [0.05, 0.1) is 0 Å². The molecule has 1 aromatic carbocycles. The molecule has 3 nitrogen and oxygen atoms in total. The molecule has 1 aromatic rings. The molecular weight excluding hydrogens is 260 g/mol. The molecule has 4 heteroatoms. The summed E-state index contributed by atoms with van der Waals surface area (Å²) in [5.41, 5.74) is 3.64. The first kappa shape index (κ1) is 16.0. The van der Waals surface area contributed by atoms with Gasteiger partial charge in [0.15, 0.2) is 0 Å². The lowest BCUT2D eigenvalue weighted by Gasteiger charge is -2.20. The van der Waals surface area contributed by atoms with Crippen LogP contribution < -0.4 is 10.6 Å². The SMILES string of the molecule is CC(C)(C)CC(=O)Nc1ccc2c(c1)CCNC2.Cl. The molecular formula is C15H23ClN2O. The smallest absolute Gasteiger partial charge is 0.224 e. The Balaban J connectivity index is 0.00000180. The van der Waals surface area contributed by atoms with Crippen molar-refractivity contribution in [3.8, 4) is 0 Å². The molecule has 2 N–H and O–H groups in total. The average molecular weight is 283 g/mol. The first-order chi connectivity index (χ1) is 8.44. The van der Waals surface area contributed by atoms with Gasteiger partial charge in [0, 0.05) is 18.7 Å². The second kappa shape index (κ2) is 6.40. The molecule has 1 amide bonds. The molecule has 0 spiro atoms. The highest BCUT2D eigenvalue weighted by atomic mass is 35.5. The predicted octanol–water partition coefficient (Wildman–Crippen LogP) is 3.13. The van der Waals surface area contributed by atoms with Crippen LogP contribution in [0.5, 0.6) is 0 Å². The standard InChI is InChI=1S/C15H22N2O.ClH/c1-15(2,3)9-14(18)17-13-5-4-12-10-16-7-6-11(12)8-13;/h4-5,8,16H,6-7,9-10H2,1-3H3,(H,17,18);1H. The normalized spacial score (nSPS) is 14.3. The molecule has 0 atom stereocenters. The molecule has 2 rings (SSSR count). The number of anilines is 1. The molecule has 0 saturated heterocycles. The van der Waals surface area contributed by atoms with Crippen molar-refractivity contribution in [1.29, 1.82) is 0 Å². The Morgan fingerprint density at radius 3 is 2.74 bits per heavy atom. The van der Waals surface area contributed by atoms with Crippen LogP contribution in [0.3, 0.4) is 0 Å². The van der Waals surface area contributed by atoms with Gasteiger partial charge in [0.1, 0.15) is 0 Å². The van der Waals surface area contributed by atoms with E-state index in [2.05, 4.69) is 43.5 Å². The molecule has 0 radical (unpaired) electrons. The van der Waals surface area contributed by atoms with E-state index in [4.69, 9.17) is 0 Å². The summed E-state index contributed by atoms with van der Waals surface area (Å²) in [6, 6.07) is 6.21. The molecule has 0 aromatic heterocycles. The number of hydrogen-bond acceptors (Lipinski definition) is 2. The van der Waals surface area contributed by atoms with Crippen LogP contribution in [0.15, 0.2) is 18.2 Å². The molecule has 0 fully saturated rings. The van der Waals surface area contributed by atoms with Crippen molar-refractivity contribution in [1.82, 2.24) is 5.32 Å². The molecule has 19 heavy (non-hydrogen) atoms. The Hall–Kier alpha value is -1.06. The summed E-state index contributed by atoms with van der Waals surface area (Å²) in [6.45, 7) is 8.18. The van der Waals surface area contributed by atoms with E-state index in [1.54, 1.807) is 0 Å². The van der Waals surface area contributed by atoms with Gasteiger partial charge >= 0.3 is 0 Å². The van der Waals surface area contributed by atoms with E-state index in [9.17, 15) is 4.79 Å². The highest BCUT2D eigenvalue weighted by Crippen LogP contribution is 2.22. The van der Waals surface area contributed by atoms with Crippen molar-refractivity contribution in [3.05, 3.63) is 29.3 Å². The van der Waals surface area contributed by atoms with E-state index >= 15 is 0 Å². The zero-order valence-electron chi connectivity index (χ0n) is 11.9. The van der Waals surface area contributed by atoms with Crippen molar-refractivity contribution in [2.75, 3.05) is 11.9 Å². The van der Waals surface area contributed by atoms with E-state index in [0.29, 0.717) is 6.42 Å². The molecule has 1 aliphatic heterocycles. The predicted molar refractivity (Wildman–Crippen MR) is 81.8 cm³/mol. The number of nitrogens with one attached hydrogen (secondary N) is 2. The van der Waals surface area contributed by atoms with Gasteiger partial charge < -0.3 is 10.6 Å². The largest absolute Gasteiger partial charge is 0.326 e. The topological polar surface area (TPSA) is 41.1 Å². The van der Waals surface area contributed by atoms with Crippen LogP contribution in [0.2, 0.25) is 0 Å². The zero-order valence-corrected chi connectivity index (χ0v) is 12.7. The number of hydrogen-bond donors (Lipinski definition) is 2. The van der Waals surface area contributed by atoms with E-state index < -0.39 is 0 Å². The minimum Gasteiger partial charge on any atom is -0.326 e. The van der Waals surface area contributed by atoms with Gasteiger partial charge in [0.25, 0.3) is 0 Å². The summed E-state index contributed by atoms with van der Waals surface area (Å²) in [4.78, 5) is 11.9. The monoisotopic (exact) mass is 282 g/mol. The van der Waals surface area contributed by atoms with Crippen LogP contribution in [0, 0.1) is 5.41 Å². The van der Waals surface area contributed by atoms with Crippen LogP contribution in [0.25, 0.3) is 0 Å². The first-order valence-electron chi connectivity index (χ1n) is 6.56. The summed E-state index contributed by atoms with van der Waals surface area (Å²) in [6.07, 6.45) is 1.59. The third-order valence-electron chi connectivity index (χ3n) is 3.07. The zero-order chi connectivity index (χ0) is 13.2. The number of carbonyl (C=O) groups is 1. The van der Waals surface area contributed by atoms with Gasteiger partial charge in [-0.25, -0.2) is 0 Å². The number of halogens is 1. The van der Waals surface area contributed by atoms with Gasteiger partial charge in [-0.05, 0) is 41.6 Å². The average Bonchev–Trinajstić information content (AvgIpc) is 2.26. The lowest BCUT2D eigenvalue weighted by atomic mass is 9.92. The maximum Gasteiger partial charge on any atom is 0.224 e.